The van der Waals surface area contributed by atoms with Crippen LogP contribution in [0.2, 0.25) is 5.02 Å². The summed E-state index contributed by atoms with van der Waals surface area (Å²) in [5.41, 5.74) is 3.77. The van der Waals surface area contributed by atoms with E-state index in [9.17, 15) is 4.79 Å². The van der Waals surface area contributed by atoms with E-state index in [4.69, 9.17) is 16.6 Å². The Bertz CT molecular complexity index is 1090. The lowest BCUT2D eigenvalue weighted by molar-refractivity contribution is -0.111. The van der Waals surface area contributed by atoms with Crippen molar-refractivity contribution in [1.82, 2.24) is 9.88 Å². The second-order valence-corrected chi connectivity index (χ2v) is 8.13. The normalized spacial score (nSPS) is 15.1. The molecule has 0 saturated carbocycles. The molecule has 1 amide bonds. The molecule has 1 N–H and O–H groups in total. The van der Waals surface area contributed by atoms with Crippen LogP contribution < -0.4 is 10.2 Å². The van der Waals surface area contributed by atoms with E-state index in [1.807, 2.05) is 30.3 Å². The molecular weight excluding hydrogens is 396 g/mol. The van der Waals surface area contributed by atoms with Crippen molar-refractivity contribution in [2.45, 2.75) is 6.92 Å². The van der Waals surface area contributed by atoms with Crippen molar-refractivity contribution < 1.29 is 4.79 Å². The number of halogens is 1. The Balaban J connectivity index is 1.49. The molecule has 4 rings (SSSR count). The third kappa shape index (κ3) is 4.81. The van der Waals surface area contributed by atoms with Gasteiger partial charge in [0.1, 0.15) is 5.82 Å². The van der Waals surface area contributed by atoms with Gasteiger partial charge < -0.3 is 15.1 Å². The summed E-state index contributed by atoms with van der Waals surface area (Å²) in [6.45, 7) is 6.17. The number of likely N-dealkylation sites (N-methyl/N-ethyl adjacent to an activating group) is 1. The Kier molecular flexibility index (Phi) is 6.02. The fraction of sp³-hybridized carbons (Fsp3) is 0.250. The first-order valence-electron chi connectivity index (χ1n) is 10.1. The van der Waals surface area contributed by atoms with Gasteiger partial charge in [0.25, 0.3) is 0 Å². The summed E-state index contributed by atoms with van der Waals surface area (Å²) < 4.78 is 0. The van der Waals surface area contributed by atoms with Crippen molar-refractivity contribution in [2.75, 3.05) is 43.4 Å². The maximum atomic E-state index is 12.3. The third-order valence-corrected chi connectivity index (χ3v) is 5.65. The third-order valence-electron chi connectivity index (χ3n) is 5.39. The highest BCUT2D eigenvalue weighted by Crippen LogP contribution is 2.26. The quantitative estimate of drug-likeness (QED) is 0.626. The molecule has 0 aliphatic carbocycles. The van der Waals surface area contributed by atoms with E-state index in [0.717, 1.165) is 59.7 Å². The number of aromatic nitrogens is 1. The zero-order valence-corrected chi connectivity index (χ0v) is 18.0. The van der Waals surface area contributed by atoms with Crippen molar-refractivity contribution in [1.29, 1.82) is 0 Å². The van der Waals surface area contributed by atoms with Gasteiger partial charge in [-0.25, -0.2) is 4.98 Å². The average Bonchev–Trinajstić information content (AvgIpc) is 2.74. The molecule has 1 aliphatic heterocycles. The van der Waals surface area contributed by atoms with E-state index in [0.29, 0.717) is 5.02 Å². The van der Waals surface area contributed by atoms with Gasteiger partial charge in [0.15, 0.2) is 0 Å². The summed E-state index contributed by atoms with van der Waals surface area (Å²) in [7, 11) is 2.15. The number of nitrogens with zero attached hydrogens (tertiary/aromatic N) is 3. The van der Waals surface area contributed by atoms with E-state index in [1.165, 1.54) is 6.08 Å². The van der Waals surface area contributed by atoms with Gasteiger partial charge in [0.2, 0.25) is 5.91 Å². The van der Waals surface area contributed by atoms with Crippen LogP contribution in [0.4, 0.5) is 11.5 Å². The molecule has 0 spiro atoms. The average molecular weight is 421 g/mol. The van der Waals surface area contributed by atoms with Crippen molar-refractivity contribution in [3.8, 4) is 0 Å². The summed E-state index contributed by atoms with van der Waals surface area (Å²) in [6, 6.07) is 15.3. The van der Waals surface area contributed by atoms with Crippen molar-refractivity contribution in [3.63, 3.8) is 0 Å². The molecule has 2 heterocycles. The number of anilines is 2. The number of aryl methyl sites for hydroxylation is 1. The molecule has 2 aromatic carbocycles. The highest BCUT2D eigenvalue weighted by molar-refractivity contribution is 6.30. The first-order chi connectivity index (χ1) is 14.5. The molecule has 1 fully saturated rings. The Hall–Kier alpha value is -2.89. The molecule has 0 bridgehead atoms. The second-order valence-electron chi connectivity index (χ2n) is 7.69. The lowest BCUT2D eigenvalue weighted by atomic mass is 10.1. The van der Waals surface area contributed by atoms with E-state index in [-0.39, 0.29) is 5.91 Å². The number of fused-ring (bicyclic) bond motifs is 1. The summed E-state index contributed by atoms with van der Waals surface area (Å²) >= 11 is 5.89. The molecule has 154 valence electrons. The fourth-order valence-corrected chi connectivity index (χ4v) is 3.71. The Morgan fingerprint density at radius 1 is 1.07 bits per heavy atom. The van der Waals surface area contributed by atoms with Crippen LogP contribution in [0, 0.1) is 6.92 Å². The maximum Gasteiger partial charge on any atom is 0.248 e. The van der Waals surface area contributed by atoms with Crippen LogP contribution in [0.5, 0.6) is 0 Å². The van der Waals surface area contributed by atoms with Crippen LogP contribution in [0.25, 0.3) is 17.0 Å². The van der Waals surface area contributed by atoms with Crippen LogP contribution in [-0.4, -0.2) is 49.0 Å². The van der Waals surface area contributed by atoms with Gasteiger partial charge in [-0.05, 0) is 67.6 Å². The van der Waals surface area contributed by atoms with Crippen LogP contribution in [0.1, 0.15) is 11.1 Å². The molecule has 6 heteroatoms. The van der Waals surface area contributed by atoms with Gasteiger partial charge in [-0.3, -0.25) is 4.79 Å². The van der Waals surface area contributed by atoms with E-state index < -0.39 is 0 Å². The number of rotatable bonds is 4. The molecule has 0 atom stereocenters. The lowest BCUT2D eigenvalue weighted by Crippen LogP contribution is -2.44. The maximum absolute atomic E-state index is 12.3. The number of carbonyl (C=O) groups is 1. The zero-order valence-electron chi connectivity index (χ0n) is 17.2. The number of benzene rings is 2. The first kappa shape index (κ1) is 20.4. The molecule has 1 aromatic heterocycles. The minimum absolute atomic E-state index is 0.177. The van der Waals surface area contributed by atoms with Crippen molar-refractivity contribution in [3.05, 3.63) is 70.8 Å². The number of pyridine rings is 1. The minimum atomic E-state index is -0.177. The molecule has 5 nitrogen and oxygen atoms in total. The standard InChI is InChI=1S/C24H25ClN4O/c1-17-15-23(29-13-11-28(2)12-14-29)27-22-9-8-20(16-21(17)22)26-24(30)10-5-18-3-6-19(25)7-4-18/h3-10,15-16H,11-14H2,1-2H3,(H,26,30)/b10-5-. The summed E-state index contributed by atoms with van der Waals surface area (Å²) in [5, 5.41) is 4.65. The molecule has 1 saturated heterocycles. The summed E-state index contributed by atoms with van der Waals surface area (Å²) in [4.78, 5) is 21.8. The fourth-order valence-electron chi connectivity index (χ4n) is 3.58. The number of nitrogens with one attached hydrogen (secondary N) is 1. The number of carbonyl (C=O) groups excluding carboxylic acids is 1. The van der Waals surface area contributed by atoms with Crippen molar-refractivity contribution >= 4 is 46.0 Å². The highest BCUT2D eigenvalue weighted by atomic mass is 35.5. The minimum Gasteiger partial charge on any atom is -0.354 e. The Morgan fingerprint density at radius 3 is 2.53 bits per heavy atom. The molecule has 30 heavy (non-hydrogen) atoms. The largest absolute Gasteiger partial charge is 0.354 e. The van der Waals surface area contributed by atoms with E-state index in [2.05, 4.69) is 35.2 Å². The molecule has 3 aromatic rings. The number of hydrogen-bond acceptors (Lipinski definition) is 4. The van der Waals surface area contributed by atoms with Crippen LogP contribution in [-0.2, 0) is 4.79 Å². The first-order valence-corrected chi connectivity index (χ1v) is 10.5. The smallest absolute Gasteiger partial charge is 0.248 e. The SMILES string of the molecule is Cc1cc(N2CCN(C)CC2)nc2ccc(NC(=O)/C=C\c3ccc(Cl)cc3)cc12. The summed E-state index contributed by atoms with van der Waals surface area (Å²) in [6.07, 6.45) is 3.29. The van der Waals surface area contributed by atoms with E-state index in [1.54, 1.807) is 18.2 Å². The lowest BCUT2D eigenvalue weighted by Gasteiger charge is -2.33. The van der Waals surface area contributed by atoms with Gasteiger partial charge in [-0.15, -0.1) is 0 Å². The zero-order chi connectivity index (χ0) is 21.1. The molecule has 0 radical (unpaired) electrons. The van der Waals surface area contributed by atoms with E-state index >= 15 is 0 Å². The number of hydrogen-bond donors (Lipinski definition) is 1. The predicted octanol–water partition coefficient (Wildman–Crippen LogP) is 4.60. The van der Waals surface area contributed by atoms with Crippen LogP contribution in [0.15, 0.2) is 54.6 Å². The Morgan fingerprint density at radius 2 is 1.80 bits per heavy atom. The number of piperazine rings is 1. The topological polar surface area (TPSA) is 48.5 Å². The molecule has 1 aliphatic rings. The van der Waals surface area contributed by atoms with Gasteiger partial charge in [0.05, 0.1) is 5.52 Å². The molecular formula is C24H25ClN4O. The van der Waals surface area contributed by atoms with Crippen LogP contribution >= 0.6 is 11.6 Å². The second kappa shape index (κ2) is 8.86. The van der Waals surface area contributed by atoms with Gasteiger partial charge >= 0.3 is 0 Å². The van der Waals surface area contributed by atoms with Gasteiger partial charge in [0, 0.05) is 48.4 Å². The summed E-state index contributed by atoms with van der Waals surface area (Å²) in [5.74, 6) is 0.847. The van der Waals surface area contributed by atoms with Crippen molar-refractivity contribution in [2.24, 2.45) is 0 Å². The van der Waals surface area contributed by atoms with Gasteiger partial charge in [-0.1, -0.05) is 23.7 Å². The monoisotopic (exact) mass is 420 g/mol. The predicted molar refractivity (Wildman–Crippen MR) is 125 cm³/mol. The van der Waals surface area contributed by atoms with Gasteiger partial charge in [-0.2, -0.15) is 0 Å². The Labute approximate surface area is 182 Å². The van der Waals surface area contributed by atoms with Crippen LogP contribution in [0.3, 0.4) is 0 Å². The highest BCUT2D eigenvalue weighted by Gasteiger charge is 2.16. The number of amides is 1. The molecule has 0 unspecified atom stereocenters.